The third-order valence-corrected chi connectivity index (χ3v) is 2.06. The summed E-state index contributed by atoms with van der Waals surface area (Å²) in [7, 11) is 0. The number of hydrogen-bond donors (Lipinski definition) is 2. The zero-order valence-electron chi connectivity index (χ0n) is 10.1. The van der Waals surface area contributed by atoms with Crippen LogP contribution in [0, 0.1) is 5.41 Å². The second-order valence-electron chi connectivity index (χ2n) is 3.91. The first-order valence-electron chi connectivity index (χ1n) is 5.30. The molecule has 0 aromatic heterocycles. The molecule has 1 aromatic carbocycles. The van der Waals surface area contributed by atoms with Crippen LogP contribution in [0.4, 0.5) is 5.69 Å². The maximum Gasteiger partial charge on any atom is 0.247 e. The number of amides is 1. The summed E-state index contributed by atoms with van der Waals surface area (Å²) in [6, 6.07) is 7.19. The molecule has 0 atom stereocenters. The molecule has 0 unspecified atom stereocenters. The molecule has 17 heavy (non-hydrogen) atoms. The van der Waals surface area contributed by atoms with Gasteiger partial charge in [-0.15, -0.1) is 0 Å². The number of allylic oxidation sites excluding steroid dienone is 2. The van der Waals surface area contributed by atoms with Gasteiger partial charge in [0, 0.05) is 11.3 Å². The van der Waals surface area contributed by atoms with Gasteiger partial charge in [0.15, 0.2) is 0 Å². The molecule has 0 fully saturated rings. The fourth-order valence-electron chi connectivity index (χ4n) is 1.33. The van der Waals surface area contributed by atoms with Gasteiger partial charge in [0.25, 0.3) is 0 Å². The van der Waals surface area contributed by atoms with Crippen molar-refractivity contribution < 1.29 is 4.79 Å². The van der Waals surface area contributed by atoms with Gasteiger partial charge in [-0.25, -0.2) is 0 Å². The predicted molar refractivity (Wildman–Crippen MR) is 71.5 cm³/mol. The molecular formula is C14H16N2O. The van der Waals surface area contributed by atoms with Gasteiger partial charge >= 0.3 is 0 Å². The molecule has 0 radical (unpaired) electrons. The third-order valence-electron chi connectivity index (χ3n) is 2.06. The highest BCUT2D eigenvalue weighted by atomic mass is 16.1. The van der Waals surface area contributed by atoms with Crippen LogP contribution in [0.1, 0.15) is 19.4 Å². The van der Waals surface area contributed by atoms with Crippen molar-refractivity contribution in [2.45, 2.75) is 13.8 Å². The van der Waals surface area contributed by atoms with Crippen molar-refractivity contribution in [1.29, 1.82) is 5.41 Å². The molecule has 1 rings (SSSR count). The normalized spacial score (nSPS) is 9.29. The first kappa shape index (κ1) is 12.9. The van der Waals surface area contributed by atoms with E-state index >= 15 is 0 Å². The molecule has 0 heterocycles. The monoisotopic (exact) mass is 228 g/mol. The summed E-state index contributed by atoms with van der Waals surface area (Å²) in [6.45, 7) is 7.27. The Hall–Kier alpha value is -2.16. The third kappa shape index (κ3) is 4.07. The number of anilines is 1. The van der Waals surface area contributed by atoms with Gasteiger partial charge < -0.3 is 10.7 Å². The van der Waals surface area contributed by atoms with Crippen molar-refractivity contribution in [1.82, 2.24) is 0 Å². The zero-order chi connectivity index (χ0) is 12.8. The fourth-order valence-corrected chi connectivity index (χ4v) is 1.33. The van der Waals surface area contributed by atoms with Gasteiger partial charge in [0.2, 0.25) is 5.91 Å². The van der Waals surface area contributed by atoms with Crippen LogP contribution in [0.3, 0.4) is 0 Å². The largest absolute Gasteiger partial charge is 0.323 e. The molecule has 1 amide bonds. The highest BCUT2D eigenvalue weighted by Gasteiger charge is 2.01. The van der Waals surface area contributed by atoms with Crippen molar-refractivity contribution in [3.05, 3.63) is 54.1 Å². The summed E-state index contributed by atoms with van der Waals surface area (Å²) < 4.78 is 0. The van der Waals surface area contributed by atoms with E-state index in [1.165, 1.54) is 6.08 Å². The Balaban J connectivity index is 2.93. The van der Waals surface area contributed by atoms with E-state index in [9.17, 15) is 4.79 Å². The smallest absolute Gasteiger partial charge is 0.247 e. The molecular weight excluding hydrogens is 212 g/mol. The summed E-state index contributed by atoms with van der Waals surface area (Å²) in [6.07, 6.45) is 3.00. The van der Waals surface area contributed by atoms with Crippen molar-refractivity contribution in [3.63, 3.8) is 0 Å². The molecule has 0 aliphatic carbocycles. The van der Waals surface area contributed by atoms with Crippen LogP contribution in [0.2, 0.25) is 0 Å². The summed E-state index contributed by atoms with van der Waals surface area (Å²) in [5.74, 6) is -0.254. The lowest BCUT2D eigenvalue weighted by molar-refractivity contribution is -0.111. The van der Waals surface area contributed by atoms with Crippen LogP contribution in [0.25, 0.3) is 0 Å². The summed E-state index contributed by atoms with van der Waals surface area (Å²) >= 11 is 0. The molecule has 3 heteroatoms. The van der Waals surface area contributed by atoms with E-state index in [0.717, 1.165) is 11.1 Å². The number of hydrogen-bond acceptors (Lipinski definition) is 2. The highest BCUT2D eigenvalue weighted by molar-refractivity contribution is 6.08. The van der Waals surface area contributed by atoms with Gasteiger partial charge in [-0.1, -0.05) is 24.3 Å². The number of rotatable bonds is 4. The van der Waals surface area contributed by atoms with Crippen LogP contribution in [0.15, 0.2) is 48.6 Å². The van der Waals surface area contributed by atoms with E-state index in [-0.39, 0.29) is 5.91 Å². The first-order valence-corrected chi connectivity index (χ1v) is 5.30. The second-order valence-corrected chi connectivity index (χ2v) is 3.91. The Bertz CT molecular complexity index is 483. The highest BCUT2D eigenvalue weighted by Crippen LogP contribution is 2.12. The molecule has 0 saturated carbocycles. The van der Waals surface area contributed by atoms with Crippen LogP contribution in [0.5, 0.6) is 0 Å². The van der Waals surface area contributed by atoms with E-state index in [1.807, 2.05) is 19.9 Å². The van der Waals surface area contributed by atoms with Gasteiger partial charge in [0.05, 0.1) is 5.71 Å². The summed E-state index contributed by atoms with van der Waals surface area (Å²) in [4.78, 5) is 11.1. The Morgan fingerprint density at radius 1 is 1.41 bits per heavy atom. The predicted octanol–water partition coefficient (Wildman–Crippen LogP) is 3.15. The van der Waals surface area contributed by atoms with Gasteiger partial charge in [-0.05, 0) is 38.1 Å². The Morgan fingerprint density at radius 3 is 2.71 bits per heavy atom. The van der Waals surface area contributed by atoms with Crippen LogP contribution in [-0.4, -0.2) is 11.6 Å². The maximum atomic E-state index is 11.1. The molecule has 0 bridgehead atoms. The standard InChI is InChI=1S/C14H16N2O/c1-4-14(17)16-12-7-5-6-11(9-12)13(15)8-10(2)3/h4-9,15H,1H2,2-3H3,(H,16,17). The summed E-state index contributed by atoms with van der Waals surface area (Å²) in [5, 5.41) is 10.5. The molecule has 88 valence electrons. The Kier molecular flexibility index (Phi) is 4.40. The Labute approximate surface area is 101 Å². The fraction of sp³-hybridized carbons (Fsp3) is 0.143. The number of benzene rings is 1. The molecule has 2 N–H and O–H groups in total. The first-order chi connectivity index (χ1) is 8.02. The average molecular weight is 228 g/mol. The lowest BCUT2D eigenvalue weighted by Gasteiger charge is -2.05. The van der Waals surface area contributed by atoms with Crippen molar-refractivity contribution in [3.8, 4) is 0 Å². The maximum absolute atomic E-state index is 11.1. The molecule has 0 saturated heterocycles. The van der Waals surface area contributed by atoms with Crippen molar-refractivity contribution in [2.75, 3.05) is 5.32 Å². The minimum atomic E-state index is -0.254. The van der Waals surface area contributed by atoms with E-state index in [0.29, 0.717) is 11.4 Å². The van der Waals surface area contributed by atoms with Crippen LogP contribution < -0.4 is 5.32 Å². The lowest BCUT2D eigenvalue weighted by atomic mass is 10.1. The number of carbonyl (C=O) groups excluding carboxylic acids is 1. The van der Waals surface area contributed by atoms with E-state index in [1.54, 1.807) is 24.3 Å². The van der Waals surface area contributed by atoms with Crippen molar-refractivity contribution >= 4 is 17.3 Å². The second kappa shape index (κ2) is 5.80. The minimum Gasteiger partial charge on any atom is -0.323 e. The lowest BCUT2D eigenvalue weighted by Crippen LogP contribution is -2.08. The average Bonchev–Trinajstić information content (AvgIpc) is 2.28. The Morgan fingerprint density at radius 2 is 2.12 bits per heavy atom. The van der Waals surface area contributed by atoms with Gasteiger partial charge in [-0.3, -0.25) is 4.79 Å². The van der Waals surface area contributed by atoms with Gasteiger partial charge in [-0.2, -0.15) is 0 Å². The molecule has 3 nitrogen and oxygen atoms in total. The quantitative estimate of drug-likeness (QED) is 0.603. The van der Waals surface area contributed by atoms with Crippen LogP contribution >= 0.6 is 0 Å². The van der Waals surface area contributed by atoms with Gasteiger partial charge in [0.1, 0.15) is 0 Å². The zero-order valence-corrected chi connectivity index (χ0v) is 10.1. The van der Waals surface area contributed by atoms with E-state index < -0.39 is 0 Å². The molecule has 0 spiro atoms. The van der Waals surface area contributed by atoms with Crippen molar-refractivity contribution in [2.24, 2.45) is 0 Å². The summed E-state index contributed by atoms with van der Waals surface area (Å²) in [5.41, 5.74) is 2.93. The molecule has 0 aliphatic rings. The SMILES string of the molecule is C=CC(=O)Nc1cccc(C(=N)C=C(C)C)c1. The topological polar surface area (TPSA) is 53.0 Å². The van der Waals surface area contributed by atoms with Crippen LogP contribution in [-0.2, 0) is 4.79 Å². The molecule has 0 aliphatic heterocycles. The minimum absolute atomic E-state index is 0.254. The number of carbonyl (C=O) groups is 1. The van der Waals surface area contributed by atoms with E-state index in [4.69, 9.17) is 5.41 Å². The van der Waals surface area contributed by atoms with E-state index in [2.05, 4.69) is 11.9 Å². The number of nitrogens with one attached hydrogen (secondary N) is 2. The molecule has 1 aromatic rings.